The fourth-order valence-electron chi connectivity index (χ4n) is 1.57. The lowest BCUT2D eigenvalue weighted by atomic mass is 9.95. The van der Waals surface area contributed by atoms with Crippen LogP contribution in [-0.4, -0.2) is 5.88 Å². The Morgan fingerprint density at radius 3 is 2.27 bits per heavy atom. The van der Waals surface area contributed by atoms with Crippen LogP contribution in [0.3, 0.4) is 0 Å². The molecule has 0 saturated carbocycles. The maximum absolute atomic E-state index is 5.93. The highest BCUT2D eigenvalue weighted by Gasteiger charge is 2.06. The third kappa shape index (κ3) is 3.71. The summed E-state index contributed by atoms with van der Waals surface area (Å²) in [7, 11) is 0. The van der Waals surface area contributed by atoms with Crippen LogP contribution in [0, 0.1) is 5.92 Å². The minimum atomic E-state index is 0.447. The molecule has 0 amide bonds. The summed E-state index contributed by atoms with van der Waals surface area (Å²) in [4.78, 5) is 0. The lowest BCUT2D eigenvalue weighted by molar-refractivity contribution is 0.755. The molecule has 1 aromatic rings. The van der Waals surface area contributed by atoms with E-state index in [-0.39, 0.29) is 0 Å². The summed E-state index contributed by atoms with van der Waals surface area (Å²) in [5.74, 6) is 1.62. The minimum absolute atomic E-state index is 0.447. The zero-order chi connectivity index (χ0) is 11.3. The quantitative estimate of drug-likeness (QED) is 0.516. The fourth-order valence-corrected chi connectivity index (χ4v) is 1.96. The molecule has 0 N–H and O–H groups in total. The van der Waals surface area contributed by atoms with Crippen molar-refractivity contribution in [2.75, 3.05) is 5.88 Å². The molecule has 1 rings (SSSR count). The largest absolute Gasteiger partial charge is 0.122 e. The first kappa shape index (κ1) is 12.3. The van der Waals surface area contributed by atoms with Gasteiger partial charge < -0.3 is 0 Å². The van der Waals surface area contributed by atoms with E-state index in [2.05, 4.69) is 51.1 Å². The van der Waals surface area contributed by atoms with Crippen LogP contribution in [0.25, 0.3) is 0 Å². The lowest BCUT2D eigenvalue weighted by Crippen LogP contribution is -1.99. The van der Waals surface area contributed by atoms with Gasteiger partial charge in [-0.25, -0.2) is 0 Å². The van der Waals surface area contributed by atoms with E-state index in [1.807, 2.05) is 6.07 Å². The third-order valence-corrected chi connectivity index (χ3v) is 2.99. The highest BCUT2D eigenvalue weighted by atomic mass is 35.5. The molecule has 0 nitrogen and oxygen atoms in total. The first-order valence-electron chi connectivity index (χ1n) is 5.46. The molecule has 0 aliphatic rings. The van der Waals surface area contributed by atoms with Crippen molar-refractivity contribution in [3.05, 3.63) is 47.5 Å². The van der Waals surface area contributed by atoms with Gasteiger partial charge in [0.15, 0.2) is 0 Å². The van der Waals surface area contributed by atoms with Crippen molar-refractivity contribution in [2.45, 2.75) is 26.7 Å². The fraction of sp³-hybridized carbons (Fsp3) is 0.429. The minimum Gasteiger partial charge on any atom is -0.122 e. The van der Waals surface area contributed by atoms with Crippen LogP contribution in [0.4, 0.5) is 0 Å². The molecule has 0 heterocycles. The predicted molar refractivity (Wildman–Crippen MR) is 68.5 cm³/mol. The molecule has 1 atom stereocenters. The Bertz CT molecular complexity index is 311. The molecule has 0 bridgehead atoms. The average Bonchev–Trinajstić information content (AvgIpc) is 2.26. The summed E-state index contributed by atoms with van der Waals surface area (Å²) in [6.07, 6.45) is 2.28. The SMILES string of the molecule is CC(C)/C(=C/C(C)c1ccccc1)CCl. The Morgan fingerprint density at radius 1 is 1.20 bits per heavy atom. The summed E-state index contributed by atoms with van der Waals surface area (Å²) in [6, 6.07) is 10.5. The standard InChI is InChI=1S/C14H19Cl/c1-11(2)14(10-15)9-12(3)13-7-5-4-6-8-13/h4-9,11-12H,10H2,1-3H3/b14-9+. The van der Waals surface area contributed by atoms with Gasteiger partial charge in [0.1, 0.15) is 0 Å². The van der Waals surface area contributed by atoms with Crippen LogP contribution >= 0.6 is 11.6 Å². The Morgan fingerprint density at radius 2 is 1.80 bits per heavy atom. The zero-order valence-electron chi connectivity index (χ0n) is 9.70. The van der Waals surface area contributed by atoms with Crippen LogP contribution in [0.15, 0.2) is 42.0 Å². The van der Waals surface area contributed by atoms with Gasteiger partial charge in [0, 0.05) is 5.88 Å². The Hall–Kier alpha value is -0.750. The number of hydrogen-bond donors (Lipinski definition) is 0. The van der Waals surface area contributed by atoms with E-state index >= 15 is 0 Å². The maximum Gasteiger partial charge on any atom is 0.0436 e. The highest BCUT2D eigenvalue weighted by molar-refractivity contribution is 6.19. The summed E-state index contributed by atoms with van der Waals surface area (Å²) in [5, 5.41) is 0. The van der Waals surface area contributed by atoms with Gasteiger partial charge in [-0.05, 0) is 17.4 Å². The molecule has 0 saturated heterocycles. The first-order valence-corrected chi connectivity index (χ1v) is 6.00. The maximum atomic E-state index is 5.93. The average molecular weight is 223 g/mol. The van der Waals surface area contributed by atoms with Crippen molar-refractivity contribution in [3.63, 3.8) is 0 Å². The molecule has 0 aliphatic carbocycles. The van der Waals surface area contributed by atoms with Crippen molar-refractivity contribution in [1.82, 2.24) is 0 Å². The van der Waals surface area contributed by atoms with Gasteiger partial charge in [0.05, 0.1) is 0 Å². The van der Waals surface area contributed by atoms with E-state index in [0.717, 1.165) is 0 Å². The van der Waals surface area contributed by atoms with E-state index in [9.17, 15) is 0 Å². The first-order chi connectivity index (χ1) is 7.15. The topological polar surface area (TPSA) is 0 Å². The van der Waals surface area contributed by atoms with E-state index in [1.54, 1.807) is 0 Å². The van der Waals surface area contributed by atoms with Crippen LogP contribution < -0.4 is 0 Å². The van der Waals surface area contributed by atoms with E-state index < -0.39 is 0 Å². The highest BCUT2D eigenvalue weighted by Crippen LogP contribution is 2.21. The number of benzene rings is 1. The van der Waals surface area contributed by atoms with Gasteiger partial charge in [0.25, 0.3) is 0 Å². The van der Waals surface area contributed by atoms with Crippen molar-refractivity contribution >= 4 is 11.6 Å². The lowest BCUT2D eigenvalue weighted by Gasteiger charge is -2.12. The monoisotopic (exact) mass is 222 g/mol. The van der Waals surface area contributed by atoms with Gasteiger partial charge in [0.2, 0.25) is 0 Å². The van der Waals surface area contributed by atoms with Crippen molar-refractivity contribution < 1.29 is 0 Å². The van der Waals surface area contributed by atoms with Crippen LogP contribution in [0.5, 0.6) is 0 Å². The number of rotatable bonds is 4. The van der Waals surface area contributed by atoms with Crippen LogP contribution in [0.1, 0.15) is 32.3 Å². The second-order valence-corrected chi connectivity index (χ2v) is 4.50. The molecule has 15 heavy (non-hydrogen) atoms. The summed E-state index contributed by atoms with van der Waals surface area (Å²) >= 11 is 5.93. The Kier molecular flexibility index (Phi) is 4.90. The Labute approximate surface area is 98.0 Å². The third-order valence-electron chi connectivity index (χ3n) is 2.69. The number of halogens is 1. The molecule has 0 aromatic heterocycles. The normalized spacial score (nSPS) is 14.3. The zero-order valence-corrected chi connectivity index (χ0v) is 10.5. The molecule has 82 valence electrons. The summed E-state index contributed by atoms with van der Waals surface area (Å²) in [5.41, 5.74) is 2.67. The van der Waals surface area contributed by atoms with E-state index in [1.165, 1.54) is 11.1 Å². The summed E-state index contributed by atoms with van der Waals surface area (Å²) in [6.45, 7) is 6.59. The van der Waals surface area contributed by atoms with Gasteiger partial charge >= 0.3 is 0 Å². The second-order valence-electron chi connectivity index (χ2n) is 4.23. The number of hydrogen-bond acceptors (Lipinski definition) is 0. The number of alkyl halides is 1. The van der Waals surface area contributed by atoms with Gasteiger partial charge in [-0.1, -0.05) is 62.8 Å². The number of allylic oxidation sites excluding steroid dienone is 2. The van der Waals surface area contributed by atoms with Crippen LogP contribution in [0.2, 0.25) is 0 Å². The Balaban J connectivity index is 2.81. The molecule has 0 spiro atoms. The van der Waals surface area contributed by atoms with E-state index in [4.69, 9.17) is 11.6 Å². The molecule has 0 radical (unpaired) electrons. The second kappa shape index (κ2) is 5.97. The molecule has 1 heteroatoms. The van der Waals surface area contributed by atoms with Gasteiger partial charge in [-0.3, -0.25) is 0 Å². The van der Waals surface area contributed by atoms with Crippen molar-refractivity contribution in [2.24, 2.45) is 5.92 Å². The molecule has 1 aromatic carbocycles. The van der Waals surface area contributed by atoms with Gasteiger partial charge in [-0.2, -0.15) is 0 Å². The summed E-state index contributed by atoms with van der Waals surface area (Å²) < 4.78 is 0. The van der Waals surface area contributed by atoms with Gasteiger partial charge in [-0.15, -0.1) is 11.6 Å². The molecule has 0 fully saturated rings. The molecule has 1 unspecified atom stereocenters. The van der Waals surface area contributed by atoms with E-state index in [0.29, 0.717) is 17.7 Å². The molecular formula is C14H19Cl. The van der Waals surface area contributed by atoms with Crippen molar-refractivity contribution in [3.8, 4) is 0 Å². The smallest absolute Gasteiger partial charge is 0.0436 e. The van der Waals surface area contributed by atoms with Crippen molar-refractivity contribution in [1.29, 1.82) is 0 Å². The van der Waals surface area contributed by atoms with Crippen LogP contribution in [-0.2, 0) is 0 Å². The molecule has 0 aliphatic heterocycles. The predicted octanol–water partition coefficient (Wildman–Crippen LogP) is 4.61. The molecular weight excluding hydrogens is 204 g/mol.